The number of aromatic nitrogens is 1. The summed E-state index contributed by atoms with van der Waals surface area (Å²) in [5, 5.41) is 0.639. The Balaban J connectivity index is 1.65. The van der Waals surface area contributed by atoms with Gasteiger partial charge in [0.2, 0.25) is 0 Å². The highest BCUT2D eigenvalue weighted by Gasteiger charge is 2.19. The van der Waals surface area contributed by atoms with Crippen molar-refractivity contribution in [2.24, 2.45) is 5.92 Å². The van der Waals surface area contributed by atoms with Crippen molar-refractivity contribution in [1.82, 2.24) is 9.47 Å². The van der Waals surface area contributed by atoms with Crippen LogP contribution in [-0.2, 0) is 24.2 Å². The third-order valence-electron chi connectivity index (χ3n) is 6.56. The Hall–Kier alpha value is -1.82. The molecule has 0 spiro atoms. The van der Waals surface area contributed by atoms with Crippen molar-refractivity contribution in [3.63, 3.8) is 0 Å². The van der Waals surface area contributed by atoms with E-state index in [1.165, 1.54) is 32.1 Å². The van der Waals surface area contributed by atoms with Gasteiger partial charge in [-0.1, -0.05) is 61.0 Å². The smallest absolute Gasteiger partial charge is 0.338 e. The predicted molar refractivity (Wildman–Crippen MR) is 144 cm³/mol. The first kappa shape index (κ1) is 27.8. The molecular formula is C28H38Cl2N2O3. The second-order valence-electron chi connectivity index (χ2n) is 10.7. The Labute approximate surface area is 219 Å². The van der Waals surface area contributed by atoms with Gasteiger partial charge >= 0.3 is 5.97 Å². The minimum absolute atomic E-state index is 0.128. The van der Waals surface area contributed by atoms with Crippen molar-refractivity contribution >= 4 is 29.2 Å². The molecule has 35 heavy (non-hydrogen) atoms. The van der Waals surface area contributed by atoms with E-state index in [1.807, 2.05) is 32.9 Å². The Kier molecular flexibility index (Phi) is 9.86. The quantitative estimate of drug-likeness (QED) is 0.325. The highest BCUT2D eigenvalue weighted by Crippen LogP contribution is 2.28. The zero-order chi connectivity index (χ0) is 25.6. The summed E-state index contributed by atoms with van der Waals surface area (Å²) in [6.07, 6.45) is 8.51. The summed E-state index contributed by atoms with van der Waals surface area (Å²) in [6.45, 7) is 7.55. The lowest BCUT2D eigenvalue weighted by Crippen LogP contribution is -2.29. The van der Waals surface area contributed by atoms with Crippen molar-refractivity contribution in [3.05, 3.63) is 67.6 Å². The van der Waals surface area contributed by atoms with Crippen LogP contribution in [0, 0.1) is 5.92 Å². The minimum Gasteiger partial charge on any atom is -0.456 e. The van der Waals surface area contributed by atoms with E-state index in [0.29, 0.717) is 30.1 Å². The van der Waals surface area contributed by atoms with Crippen LogP contribution >= 0.6 is 23.2 Å². The van der Waals surface area contributed by atoms with Gasteiger partial charge in [0.1, 0.15) is 10.6 Å². The lowest BCUT2D eigenvalue weighted by atomic mass is 10.0. The summed E-state index contributed by atoms with van der Waals surface area (Å²) in [5.41, 5.74) is 1.54. The van der Waals surface area contributed by atoms with E-state index >= 15 is 0 Å². The van der Waals surface area contributed by atoms with E-state index in [1.54, 1.807) is 22.8 Å². The molecule has 5 nitrogen and oxygen atoms in total. The monoisotopic (exact) mass is 520 g/mol. The number of pyridine rings is 1. The number of rotatable bonds is 10. The Bertz CT molecular complexity index is 1050. The largest absolute Gasteiger partial charge is 0.456 e. The SMILES string of the molecule is CN(CCCC1CCCC1)Cc1c(Cl)cc(Cl)c(=O)n1CCc1ccc(C(=O)OC(C)(C)C)cc1. The number of carbonyl (C=O) groups excluding carboxylic acids is 1. The molecule has 1 aromatic heterocycles. The van der Waals surface area contributed by atoms with Gasteiger partial charge in [-0.15, -0.1) is 0 Å². The highest BCUT2D eigenvalue weighted by atomic mass is 35.5. The number of hydrogen-bond acceptors (Lipinski definition) is 4. The van der Waals surface area contributed by atoms with E-state index in [2.05, 4.69) is 11.9 Å². The van der Waals surface area contributed by atoms with Gasteiger partial charge in [-0.2, -0.15) is 0 Å². The Morgan fingerprint density at radius 2 is 1.77 bits per heavy atom. The van der Waals surface area contributed by atoms with E-state index in [4.69, 9.17) is 27.9 Å². The summed E-state index contributed by atoms with van der Waals surface area (Å²) in [4.78, 5) is 27.4. The summed E-state index contributed by atoms with van der Waals surface area (Å²) in [5.74, 6) is 0.530. The topological polar surface area (TPSA) is 51.5 Å². The molecule has 0 amide bonds. The fourth-order valence-corrected chi connectivity index (χ4v) is 5.24. The molecule has 1 aliphatic carbocycles. The standard InChI is InChI=1S/C28H38Cl2N2O3/c1-28(2,3)35-27(34)22-13-11-21(12-14-22)15-17-32-25(23(29)18-24(30)26(32)33)19-31(4)16-7-10-20-8-5-6-9-20/h11-14,18,20H,5-10,15-17,19H2,1-4H3. The third-order valence-corrected chi connectivity index (χ3v) is 7.16. The predicted octanol–water partition coefficient (Wildman–Crippen LogP) is 6.76. The zero-order valence-electron chi connectivity index (χ0n) is 21.4. The molecule has 0 aliphatic heterocycles. The van der Waals surface area contributed by atoms with E-state index < -0.39 is 5.60 Å². The van der Waals surface area contributed by atoms with Crippen LogP contribution in [0.15, 0.2) is 35.1 Å². The maximum absolute atomic E-state index is 12.9. The van der Waals surface area contributed by atoms with Crippen LogP contribution < -0.4 is 5.56 Å². The van der Waals surface area contributed by atoms with Crippen LogP contribution in [0.5, 0.6) is 0 Å². The molecule has 1 heterocycles. The average molecular weight is 522 g/mol. The van der Waals surface area contributed by atoms with Crippen molar-refractivity contribution in [2.45, 2.75) is 84.4 Å². The normalized spacial score (nSPS) is 14.6. The van der Waals surface area contributed by atoms with Crippen molar-refractivity contribution in [1.29, 1.82) is 0 Å². The molecule has 1 fully saturated rings. The second-order valence-corrected chi connectivity index (χ2v) is 11.5. The first-order valence-electron chi connectivity index (χ1n) is 12.6. The average Bonchev–Trinajstić information content (AvgIpc) is 3.30. The molecule has 0 N–H and O–H groups in total. The number of ether oxygens (including phenoxy) is 1. The van der Waals surface area contributed by atoms with Gasteiger partial charge in [0, 0.05) is 13.1 Å². The number of halogens is 2. The molecule has 1 saturated carbocycles. The summed E-state index contributed by atoms with van der Waals surface area (Å²) in [7, 11) is 2.07. The van der Waals surface area contributed by atoms with Gasteiger partial charge in [0.05, 0.1) is 16.3 Å². The molecular weight excluding hydrogens is 483 g/mol. The van der Waals surface area contributed by atoms with Crippen LogP contribution in [0.1, 0.15) is 80.9 Å². The van der Waals surface area contributed by atoms with E-state index in [9.17, 15) is 9.59 Å². The summed E-state index contributed by atoms with van der Waals surface area (Å²) < 4.78 is 7.12. The number of esters is 1. The molecule has 1 aliphatic rings. The molecule has 0 unspecified atom stereocenters. The number of carbonyl (C=O) groups is 1. The fourth-order valence-electron chi connectivity index (χ4n) is 4.70. The Morgan fingerprint density at radius 1 is 1.11 bits per heavy atom. The second kappa shape index (κ2) is 12.4. The van der Waals surface area contributed by atoms with Crippen LogP contribution in [0.4, 0.5) is 0 Å². The fraction of sp³-hybridized carbons (Fsp3) is 0.571. The number of nitrogens with zero attached hydrogens (tertiary/aromatic N) is 2. The zero-order valence-corrected chi connectivity index (χ0v) is 22.9. The minimum atomic E-state index is -0.539. The number of aryl methyl sites for hydroxylation is 1. The molecule has 1 aromatic carbocycles. The van der Waals surface area contributed by atoms with Crippen LogP contribution in [0.25, 0.3) is 0 Å². The highest BCUT2D eigenvalue weighted by molar-refractivity contribution is 6.34. The van der Waals surface area contributed by atoms with Crippen molar-refractivity contribution < 1.29 is 9.53 Å². The van der Waals surface area contributed by atoms with E-state index in [0.717, 1.165) is 30.1 Å². The maximum Gasteiger partial charge on any atom is 0.338 e. The number of benzene rings is 1. The first-order chi connectivity index (χ1) is 16.5. The first-order valence-corrected chi connectivity index (χ1v) is 13.4. The lowest BCUT2D eigenvalue weighted by molar-refractivity contribution is 0.00695. The van der Waals surface area contributed by atoms with Gasteiger partial charge < -0.3 is 14.2 Å². The van der Waals surface area contributed by atoms with Gasteiger partial charge in [-0.25, -0.2) is 4.79 Å². The molecule has 192 valence electrons. The van der Waals surface area contributed by atoms with Gasteiger partial charge in [0.15, 0.2) is 0 Å². The Morgan fingerprint density at radius 3 is 2.40 bits per heavy atom. The molecule has 3 rings (SSSR count). The summed E-state index contributed by atoms with van der Waals surface area (Å²) >= 11 is 12.7. The molecule has 0 atom stereocenters. The molecule has 0 radical (unpaired) electrons. The molecule has 0 saturated heterocycles. The van der Waals surface area contributed by atoms with E-state index in [-0.39, 0.29) is 16.6 Å². The molecule has 7 heteroatoms. The van der Waals surface area contributed by atoms with Crippen LogP contribution in [-0.4, -0.2) is 34.6 Å². The van der Waals surface area contributed by atoms with Crippen molar-refractivity contribution in [2.75, 3.05) is 13.6 Å². The van der Waals surface area contributed by atoms with Crippen LogP contribution in [0.3, 0.4) is 0 Å². The third kappa shape index (κ3) is 8.37. The van der Waals surface area contributed by atoms with Gasteiger partial charge in [0.25, 0.3) is 5.56 Å². The molecule has 0 bridgehead atoms. The van der Waals surface area contributed by atoms with Crippen molar-refractivity contribution in [3.8, 4) is 0 Å². The molecule has 2 aromatic rings. The number of hydrogen-bond donors (Lipinski definition) is 0. The maximum atomic E-state index is 12.9. The lowest BCUT2D eigenvalue weighted by Gasteiger charge is -2.22. The van der Waals surface area contributed by atoms with Gasteiger partial charge in [-0.05, 0) is 83.3 Å². The summed E-state index contributed by atoms with van der Waals surface area (Å²) in [6, 6.07) is 8.86. The van der Waals surface area contributed by atoms with Gasteiger partial charge in [-0.3, -0.25) is 4.79 Å². The van der Waals surface area contributed by atoms with Crippen LogP contribution in [0.2, 0.25) is 10.0 Å².